The summed E-state index contributed by atoms with van der Waals surface area (Å²) in [5, 5.41) is 9.90. The van der Waals surface area contributed by atoms with Crippen molar-refractivity contribution < 1.29 is 9.53 Å². The van der Waals surface area contributed by atoms with Crippen molar-refractivity contribution in [1.29, 1.82) is 0 Å². The highest BCUT2D eigenvalue weighted by molar-refractivity contribution is 6.34. The van der Waals surface area contributed by atoms with Crippen LogP contribution >= 0.6 is 11.6 Å². The van der Waals surface area contributed by atoms with Gasteiger partial charge in [0.15, 0.2) is 0 Å². The molecule has 5 nitrogen and oxygen atoms in total. The zero-order valence-corrected chi connectivity index (χ0v) is 15.7. The number of halogens is 1. The molecule has 2 aromatic carbocycles. The van der Waals surface area contributed by atoms with Crippen molar-refractivity contribution in [2.45, 2.75) is 26.8 Å². The Balaban J connectivity index is 2.06. The SMILES string of the molecule is COc1ccc(C)cc1NC(=O)CNc1cccc(Cl)c1NC(C)C. The first-order valence-corrected chi connectivity index (χ1v) is 8.52. The summed E-state index contributed by atoms with van der Waals surface area (Å²) in [4.78, 5) is 12.3. The summed E-state index contributed by atoms with van der Waals surface area (Å²) in [5.41, 5.74) is 3.27. The second-order valence-electron chi connectivity index (χ2n) is 6.07. The van der Waals surface area contributed by atoms with E-state index in [4.69, 9.17) is 16.3 Å². The fraction of sp³-hybridized carbons (Fsp3) is 0.316. The molecule has 0 unspecified atom stereocenters. The molecule has 2 rings (SSSR count). The van der Waals surface area contributed by atoms with Gasteiger partial charge in [-0.1, -0.05) is 23.7 Å². The number of anilines is 3. The Morgan fingerprint density at radius 2 is 1.96 bits per heavy atom. The Kier molecular flexibility index (Phi) is 6.53. The number of hydrogen-bond acceptors (Lipinski definition) is 4. The van der Waals surface area contributed by atoms with Crippen molar-refractivity contribution >= 4 is 34.6 Å². The van der Waals surface area contributed by atoms with Crippen LogP contribution in [0.3, 0.4) is 0 Å². The van der Waals surface area contributed by atoms with Crippen LogP contribution in [0, 0.1) is 6.92 Å². The lowest BCUT2D eigenvalue weighted by atomic mass is 10.2. The largest absolute Gasteiger partial charge is 0.495 e. The summed E-state index contributed by atoms with van der Waals surface area (Å²) in [6.45, 7) is 6.14. The van der Waals surface area contributed by atoms with Crippen LogP contribution in [0.15, 0.2) is 36.4 Å². The van der Waals surface area contributed by atoms with Gasteiger partial charge in [-0.25, -0.2) is 0 Å². The fourth-order valence-electron chi connectivity index (χ4n) is 2.40. The first kappa shape index (κ1) is 18.9. The average Bonchev–Trinajstić information content (AvgIpc) is 2.55. The molecule has 0 spiro atoms. The molecule has 3 N–H and O–H groups in total. The lowest BCUT2D eigenvalue weighted by molar-refractivity contribution is -0.114. The van der Waals surface area contributed by atoms with E-state index in [1.54, 1.807) is 7.11 Å². The molecule has 0 aliphatic heterocycles. The number of methoxy groups -OCH3 is 1. The Morgan fingerprint density at radius 1 is 1.20 bits per heavy atom. The van der Waals surface area contributed by atoms with E-state index in [2.05, 4.69) is 16.0 Å². The number of hydrogen-bond donors (Lipinski definition) is 3. The van der Waals surface area contributed by atoms with Gasteiger partial charge in [-0.05, 0) is 50.6 Å². The Bertz CT molecular complexity index is 747. The molecule has 25 heavy (non-hydrogen) atoms. The quantitative estimate of drug-likeness (QED) is 0.678. The summed E-state index contributed by atoms with van der Waals surface area (Å²) in [6, 6.07) is 11.4. The fourth-order valence-corrected chi connectivity index (χ4v) is 2.63. The number of benzene rings is 2. The van der Waals surface area contributed by atoms with Gasteiger partial charge in [0.2, 0.25) is 5.91 Å². The summed E-state index contributed by atoms with van der Waals surface area (Å²) < 4.78 is 5.28. The summed E-state index contributed by atoms with van der Waals surface area (Å²) in [6.07, 6.45) is 0. The monoisotopic (exact) mass is 361 g/mol. The third-order valence-electron chi connectivity index (χ3n) is 3.52. The number of ether oxygens (including phenoxy) is 1. The maximum absolute atomic E-state index is 12.3. The van der Waals surface area contributed by atoms with Crippen molar-refractivity contribution in [2.24, 2.45) is 0 Å². The average molecular weight is 362 g/mol. The number of amides is 1. The first-order valence-electron chi connectivity index (χ1n) is 8.14. The molecule has 0 aromatic heterocycles. The minimum Gasteiger partial charge on any atom is -0.495 e. The summed E-state index contributed by atoms with van der Waals surface area (Å²) >= 11 is 6.26. The zero-order chi connectivity index (χ0) is 18.4. The molecule has 0 saturated heterocycles. The minimum absolute atomic E-state index is 0.115. The van der Waals surface area contributed by atoms with E-state index >= 15 is 0 Å². The first-order chi connectivity index (χ1) is 11.9. The molecular formula is C19H24ClN3O2. The molecular weight excluding hydrogens is 338 g/mol. The van der Waals surface area contributed by atoms with Gasteiger partial charge < -0.3 is 20.7 Å². The van der Waals surface area contributed by atoms with Gasteiger partial charge in [0.25, 0.3) is 0 Å². The molecule has 0 saturated carbocycles. The molecule has 0 aliphatic rings. The third kappa shape index (κ3) is 5.29. The van der Waals surface area contributed by atoms with Crippen molar-refractivity contribution in [1.82, 2.24) is 0 Å². The van der Waals surface area contributed by atoms with Gasteiger partial charge >= 0.3 is 0 Å². The number of rotatable bonds is 7. The van der Waals surface area contributed by atoms with Crippen LogP contribution in [0.4, 0.5) is 17.1 Å². The van der Waals surface area contributed by atoms with Gasteiger partial charge in [0.05, 0.1) is 35.7 Å². The normalized spacial score (nSPS) is 10.5. The van der Waals surface area contributed by atoms with Crippen LogP contribution in [0.25, 0.3) is 0 Å². The van der Waals surface area contributed by atoms with Crippen LogP contribution in [0.2, 0.25) is 5.02 Å². The highest BCUT2D eigenvalue weighted by Gasteiger charge is 2.11. The van der Waals surface area contributed by atoms with Crippen molar-refractivity contribution in [3.05, 3.63) is 47.0 Å². The molecule has 0 radical (unpaired) electrons. The standard InChI is InChI=1S/C19H24ClN3O2/c1-12(2)22-19-14(20)6-5-7-15(19)21-11-18(24)23-16-10-13(3)8-9-17(16)25-4/h5-10,12,21-22H,11H2,1-4H3,(H,23,24). The van der Waals surface area contributed by atoms with E-state index in [9.17, 15) is 4.79 Å². The predicted octanol–water partition coefficient (Wildman–Crippen LogP) is 4.53. The van der Waals surface area contributed by atoms with E-state index in [-0.39, 0.29) is 18.5 Å². The van der Waals surface area contributed by atoms with Crippen LogP contribution in [-0.2, 0) is 4.79 Å². The third-order valence-corrected chi connectivity index (χ3v) is 3.83. The lowest BCUT2D eigenvalue weighted by Crippen LogP contribution is -2.23. The van der Waals surface area contributed by atoms with Gasteiger partial charge in [-0.15, -0.1) is 0 Å². The molecule has 6 heteroatoms. The van der Waals surface area contributed by atoms with Gasteiger partial charge in [0.1, 0.15) is 5.75 Å². The van der Waals surface area contributed by atoms with Crippen LogP contribution < -0.4 is 20.7 Å². The number of para-hydroxylation sites is 1. The van der Waals surface area contributed by atoms with Crippen molar-refractivity contribution in [2.75, 3.05) is 29.6 Å². The van der Waals surface area contributed by atoms with Crippen LogP contribution in [0.1, 0.15) is 19.4 Å². The maximum Gasteiger partial charge on any atom is 0.243 e. The van der Waals surface area contributed by atoms with E-state index in [0.29, 0.717) is 16.5 Å². The van der Waals surface area contributed by atoms with E-state index in [1.165, 1.54) is 0 Å². The van der Waals surface area contributed by atoms with E-state index in [1.807, 2.05) is 57.2 Å². The summed E-state index contributed by atoms with van der Waals surface area (Å²) in [7, 11) is 1.58. The molecule has 134 valence electrons. The lowest BCUT2D eigenvalue weighted by Gasteiger charge is -2.17. The Labute approximate surface area is 153 Å². The highest BCUT2D eigenvalue weighted by Crippen LogP contribution is 2.31. The Hall–Kier alpha value is -2.40. The Morgan fingerprint density at radius 3 is 2.64 bits per heavy atom. The van der Waals surface area contributed by atoms with Gasteiger partial charge in [-0.3, -0.25) is 4.79 Å². The highest BCUT2D eigenvalue weighted by atomic mass is 35.5. The molecule has 0 fully saturated rings. The smallest absolute Gasteiger partial charge is 0.243 e. The number of carbonyl (C=O) groups excluding carboxylic acids is 1. The molecule has 0 aliphatic carbocycles. The minimum atomic E-state index is -0.167. The molecule has 0 heterocycles. The van der Waals surface area contributed by atoms with E-state index < -0.39 is 0 Å². The van der Waals surface area contributed by atoms with Gasteiger partial charge in [-0.2, -0.15) is 0 Å². The molecule has 1 amide bonds. The number of aryl methyl sites for hydroxylation is 1. The second-order valence-corrected chi connectivity index (χ2v) is 6.47. The molecule has 0 bridgehead atoms. The van der Waals surface area contributed by atoms with Crippen LogP contribution in [0.5, 0.6) is 5.75 Å². The van der Waals surface area contributed by atoms with E-state index in [0.717, 1.165) is 16.9 Å². The van der Waals surface area contributed by atoms with Crippen molar-refractivity contribution in [3.63, 3.8) is 0 Å². The van der Waals surface area contributed by atoms with Gasteiger partial charge in [0, 0.05) is 6.04 Å². The second kappa shape index (κ2) is 8.62. The molecule has 2 aromatic rings. The predicted molar refractivity (Wildman–Crippen MR) is 105 cm³/mol. The molecule has 0 atom stereocenters. The van der Waals surface area contributed by atoms with Crippen LogP contribution in [-0.4, -0.2) is 25.6 Å². The summed E-state index contributed by atoms with van der Waals surface area (Å²) in [5.74, 6) is 0.461. The van der Waals surface area contributed by atoms with Crippen molar-refractivity contribution in [3.8, 4) is 5.75 Å². The number of carbonyl (C=O) groups is 1. The number of nitrogens with one attached hydrogen (secondary N) is 3. The zero-order valence-electron chi connectivity index (χ0n) is 14.9. The topological polar surface area (TPSA) is 62.4 Å². The maximum atomic E-state index is 12.3.